The van der Waals surface area contributed by atoms with Gasteiger partial charge in [-0.25, -0.2) is 4.68 Å². The molecular weight excluding hydrogens is 258 g/mol. The lowest BCUT2D eigenvalue weighted by Gasteiger charge is -2.07. The molecule has 0 radical (unpaired) electrons. The minimum Gasteiger partial charge on any atom is -0.492 e. The Kier molecular flexibility index (Phi) is 4.34. The number of aliphatic carboxylic acids is 1. The lowest BCUT2D eigenvalue weighted by Crippen LogP contribution is -2.09. The van der Waals surface area contributed by atoms with Crippen LogP contribution in [0.4, 0.5) is 0 Å². The van der Waals surface area contributed by atoms with Gasteiger partial charge < -0.3 is 9.84 Å². The molecule has 0 saturated heterocycles. The standard InChI is InChI=1S/C14H17N3O3/c1-10-5-11(2)7-13(6-10)20-4-3-17-9-12(15-16-17)8-14(18)19/h5-7,9H,3-4,8H2,1-2H3,(H,18,19). The molecule has 0 bridgehead atoms. The van der Waals surface area contributed by atoms with E-state index in [0.717, 1.165) is 16.9 Å². The van der Waals surface area contributed by atoms with E-state index in [9.17, 15) is 4.79 Å². The van der Waals surface area contributed by atoms with Crippen LogP contribution in [0.15, 0.2) is 24.4 Å². The number of carbonyl (C=O) groups is 1. The van der Waals surface area contributed by atoms with Gasteiger partial charge in [-0.2, -0.15) is 0 Å². The van der Waals surface area contributed by atoms with Crippen LogP contribution >= 0.6 is 0 Å². The van der Waals surface area contributed by atoms with Crippen LogP contribution in [0.2, 0.25) is 0 Å². The van der Waals surface area contributed by atoms with E-state index in [1.807, 2.05) is 26.0 Å². The van der Waals surface area contributed by atoms with E-state index in [2.05, 4.69) is 16.4 Å². The summed E-state index contributed by atoms with van der Waals surface area (Å²) in [5.41, 5.74) is 2.76. The summed E-state index contributed by atoms with van der Waals surface area (Å²) in [5.74, 6) is -0.0862. The van der Waals surface area contributed by atoms with Crippen molar-refractivity contribution in [3.8, 4) is 5.75 Å². The lowest BCUT2D eigenvalue weighted by molar-refractivity contribution is -0.136. The third-order valence-electron chi connectivity index (χ3n) is 2.70. The van der Waals surface area contributed by atoms with Crippen LogP contribution in [-0.4, -0.2) is 32.7 Å². The number of aryl methyl sites for hydroxylation is 2. The van der Waals surface area contributed by atoms with Gasteiger partial charge in [0.15, 0.2) is 0 Å². The fourth-order valence-electron chi connectivity index (χ4n) is 1.96. The van der Waals surface area contributed by atoms with Crippen LogP contribution in [0.1, 0.15) is 16.8 Å². The number of benzene rings is 1. The Morgan fingerprint density at radius 2 is 2.00 bits per heavy atom. The van der Waals surface area contributed by atoms with Crippen molar-refractivity contribution < 1.29 is 14.6 Å². The molecule has 0 amide bonds. The molecule has 1 aromatic heterocycles. The Morgan fingerprint density at radius 3 is 2.65 bits per heavy atom. The maximum absolute atomic E-state index is 10.5. The van der Waals surface area contributed by atoms with Crippen LogP contribution < -0.4 is 4.74 Å². The summed E-state index contributed by atoms with van der Waals surface area (Å²) in [6, 6.07) is 6.04. The average molecular weight is 275 g/mol. The summed E-state index contributed by atoms with van der Waals surface area (Å²) < 4.78 is 7.24. The molecule has 0 unspecified atom stereocenters. The number of rotatable bonds is 6. The number of hydrogen-bond donors (Lipinski definition) is 1. The van der Waals surface area contributed by atoms with Gasteiger partial charge >= 0.3 is 5.97 Å². The molecule has 0 aliphatic rings. The minimum absolute atomic E-state index is 0.113. The number of aromatic nitrogens is 3. The molecule has 0 saturated carbocycles. The van der Waals surface area contributed by atoms with E-state index in [1.54, 1.807) is 10.9 Å². The van der Waals surface area contributed by atoms with Gasteiger partial charge in [0.05, 0.1) is 18.7 Å². The summed E-state index contributed by atoms with van der Waals surface area (Å²) in [7, 11) is 0. The Bertz CT molecular complexity index is 587. The highest BCUT2D eigenvalue weighted by atomic mass is 16.5. The molecule has 0 spiro atoms. The minimum atomic E-state index is -0.913. The number of carboxylic acids is 1. The maximum Gasteiger partial charge on any atom is 0.309 e. The van der Waals surface area contributed by atoms with E-state index in [0.29, 0.717) is 18.8 Å². The Morgan fingerprint density at radius 1 is 1.30 bits per heavy atom. The normalized spacial score (nSPS) is 10.5. The van der Waals surface area contributed by atoms with Crippen LogP contribution in [0.25, 0.3) is 0 Å². The summed E-state index contributed by atoms with van der Waals surface area (Å²) in [4.78, 5) is 10.5. The van der Waals surface area contributed by atoms with Crippen molar-refractivity contribution in [1.82, 2.24) is 15.0 Å². The largest absolute Gasteiger partial charge is 0.492 e. The van der Waals surface area contributed by atoms with E-state index in [-0.39, 0.29) is 6.42 Å². The van der Waals surface area contributed by atoms with Crippen molar-refractivity contribution in [3.63, 3.8) is 0 Å². The first kappa shape index (κ1) is 14.0. The number of nitrogens with zero attached hydrogens (tertiary/aromatic N) is 3. The molecule has 0 aliphatic heterocycles. The molecule has 1 heterocycles. The first-order chi connectivity index (χ1) is 9.52. The van der Waals surface area contributed by atoms with Gasteiger partial charge in [-0.05, 0) is 37.1 Å². The third-order valence-corrected chi connectivity index (χ3v) is 2.70. The Labute approximate surface area is 117 Å². The van der Waals surface area contributed by atoms with E-state index in [1.165, 1.54) is 0 Å². The van der Waals surface area contributed by atoms with Crippen LogP contribution in [0.3, 0.4) is 0 Å². The molecule has 1 aromatic carbocycles. The second-order valence-electron chi connectivity index (χ2n) is 4.72. The predicted molar refractivity (Wildman–Crippen MR) is 72.8 cm³/mol. The first-order valence-electron chi connectivity index (χ1n) is 6.35. The van der Waals surface area contributed by atoms with E-state index in [4.69, 9.17) is 9.84 Å². The highest BCUT2D eigenvalue weighted by Crippen LogP contribution is 2.16. The summed E-state index contributed by atoms with van der Waals surface area (Å²) in [5, 5.41) is 16.3. The molecule has 2 aromatic rings. The molecule has 6 heteroatoms. The summed E-state index contributed by atoms with van der Waals surface area (Å²) in [6.07, 6.45) is 1.51. The van der Waals surface area contributed by atoms with Crippen LogP contribution in [0, 0.1) is 13.8 Å². The highest BCUT2D eigenvalue weighted by Gasteiger charge is 2.05. The molecular formula is C14H17N3O3. The van der Waals surface area contributed by atoms with E-state index < -0.39 is 5.97 Å². The zero-order chi connectivity index (χ0) is 14.5. The molecule has 0 fully saturated rings. The van der Waals surface area contributed by atoms with Gasteiger partial charge in [0, 0.05) is 6.20 Å². The summed E-state index contributed by atoms with van der Waals surface area (Å²) >= 11 is 0. The molecule has 20 heavy (non-hydrogen) atoms. The summed E-state index contributed by atoms with van der Waals surface area (Å²) in [6.45, 7) is 5.03. The van der Waals surface area contributed by atoms with Gasteiger partial charge in [-0.15, -0.1) is 5.10 Å². The van der Waals surface area contributed by atoms with E-state index >= 15 is 0 Å². The maximum atomic E-state index is 10.5. The predicted octanol–water partition coefficient (Wildman–Crippen LogP) is 1.60. The third kappa shape index (κ3) is 4.08. The Balaban J connectivity index is 1.86. The van der Waals surface area contributed by atoms with Crippen molar-refractivity contribution in [2.45, 2.75) is 26.8 Å². The second kappa shape index (κ2) is 6.18. The zero-order valence-corrected chi connectivity index (χ0v) is 11.5. The molecule has 2 rings (SSSR count). The molecule has 0 aliphatic carbocycles. The molecule has 6 nitrogen and oxygen atoms in total. The second-order valence-corrected chi connectivity index (χ2v) is 4.72. The molecule has 1 N–H and O–H groups in total. The average Bonchev–Trinajstić information content (AvgIpc) is 2.74. The molecule has 106 valence electrons. The quantitative estimate of drug-likeness (QED) is 0.866. The van der Waals surface area contributed by atoms with Crippen LogP contribution in [0.5, 0.6) is 5.75 Å². The van der Waals surface area contributed by atoms with Crippen molar-refractivity contribution in [1.29, 1.82) is 0 Å². The van der Waals surface area contributed by atoms with Gasteiger partial charge in [0.2, 0.25) is 0 Å². The fourth-order valence-corrected chi connectivity index (χ4v) is 1.96. The molecule has 0 atom stereocenters. The lowest BCUT2D eigenvalue weighted by atomic mass is 10.1. The van der Waals surface area contributed by atoms with Crippen molar-refractivity contribution in [2.75, 3.05) is 6.61 Å². The smallest absolute Gasteiger partial charge is 0.309 e. The van der Waals surface area contributed by atoms with Crippen molar-refractivity contribution >= 4 is 5.97 Å². The number of ether oxygens (including phenoxy) is 1. The van der Waals surface area contributed by atoms with Gasteiger partial charge in [-0.3, -0.25) is 4.79 Å². The number of carboxylic acid groups (broad SMARTS) is 1. The monoisotopic (exact) mass is 275 g/mol. The number of hydrogen-bond acceptors (Lipinski definition) is 4. The topological polar surface area (TPSA) is 77.2 Å². The van der Waals surface area contributed by atoms with Gasteiger partial charge in [0.25, 0.3) is 0 Å². The Hall–Kier alpha value is -2.37. The SMILES string of the molecule is Cc1cc(C)cc(OCCn2cc(CC(=O)O)nn2)c1. The van der Waals surface area contributed by atoms with Crippen molar-refractivity contribution in [3.05, 3.63) is 41.2 Å². The fraction of sp³-hybridized carbons (Fsp3) is 0.357. The van der Waals surface area contributed by atoms with Gasteiger partial charge in [-0.1, -0.05) is 11.3 Å². The van der Waals surface area contributed by atoms with Crippen molar-refractivity contribution in [2.24, 2.45) is 0 Å². The van der Waals surface area contributed by atoms with Gasteiger partial charge in [0.1, 0.15) is 12.4 Å². The highest BCUT2D eigenvalue weighted by molar-refractivity contribution is 5.69. The zero-order valence-electron chi connectivity index (χ0n) is 11.5. The first-order valence-corrected chi connectivity index (χ1v) is 6.35. The van der Waals surface area contributed by atoms with Crippen LogP contribution in [-0.2, 0) is 17.8 Å².